The summed E-state index contributed by atoms with van der Waals surface area (Å²) in [5.74, 6) is 3.40. The molecule has 4 fully saturated rings. The number of allylic oxidation sites excluding steroid dienone is 4. The normalized spacial score (nSPS) is 45.4. The van der Waals surface area contributed by atoms with Crippen LogP contribution in [0.2, 0.25) is 0 Å². The summed E-state index contributed by atoms with van der Waals surface area (Å²) in [7, 11) is 0. The van der Waals surface area contributed by atoms with Crippen molar-refractivity contribution in [3.8, 4) is 0 Å². The number of carbonyl (C=O) groups is 1. The van der Waals surface area contributed by atoms with E-state index in [0.29, 0.717) is 28.1 Å². The van der Waals surface area contributed by atoms with E-state index in [1.165, 1.54) is 44.9 Å². The van der Waals surface area contributed by atoms with E-state index in [1.807, 2.05) is 42.0 Å². The van der Waals surface area contributed by atoms with Gasteiger partial charge < -0.3 is 4.74 Å². The summed E-state index contributed by atoms with van der Waals surface area (Å²) in [5.41, 5.74) is 4.32. The lowest BCUT2D eigenvalue weighted by atomic mass is 9.33. The van der Waals surface area contributed by atoms with Crippen molar-refractivity contribution in [3.63, 3.8) is 0 Å². The quantitative estimate of drug-likeness (QED) is 0.153. The van der Waals surface area contributed by atoms with E-state index in [2.05, 4.69) is 73.6 Å². The Kier molecular flexibility index (Phi) is 7.74. The lowest BCUT2D eigenvalue weighted by Crippen LogP contribution is -2.65. The van der Waals surface area contributed by atoms with Crippen LogP contribution in [0.25, 0.3) is 6.08 Å². The predicted octanol–water partition coefficient (Wildman–Crippen LogP) is 10.8. The summed E-state index contributed by atoms with van der Waals surface area (Å²) in [6.45, 7) is 20.6. The van der Waals surface area contributed by atoms with E-state index in [9.17, 15) is 4.79 Å². The Morgan fingerprint density at radius 1 is 0.837 bits per heavy atom. The van der Waals surface area contributed by atoms with Gasteiger partial charge >= 0.3 is 5.97 Å². The SMILES string of the molecule is C[C@H]1[C@H](C)CC[C@]2(C)CC[C@]3(C)C(=CC[C@@H]4[C@@]5(C)CC[C@H](OC(=O)C=CC=Cc6ccccc6)C(C)(C)C5CC[C@]43C)[C@H]12. The second-order valence-electron chi connectivity index (χ2n) is 17.2. The van der Waals surface area contributed by atoms with E-state index >= 15 is 0 Å². The lowest BCUT2D eigenvalue weighted by molar-refractivity contribution is -0.211. The number of hydrogen-bond acceptors (Lipinski definition) is 2. The second kappa shape index (κ2) is 10.8. The van der Waals surface area contributed by atoms with Gasteiger partial charge in [0.2, 0.25) is 0 Å². The molecule has 0 amide bonds. The Bertz CT molecular complexity index is 1300. The van der Waals surface area contributed by atoms with E-state index in [1.54, 1.807) is 6.08 Å². The molecule has 0 aliphatic heterocycles. The Morgan fingerprint density at radius 2 is 1.58 bits per heavy atom. The van der Waals surface area contributed by atoms with Crippen LogP contribution in [-0.2, 0) is 9.53 Å². The van der Waals surface area contributed by atoms with E-state index in [-0.39, 0.29) is 22.9 Å². The van der Waals surface area contributed by atoms with Crippen LogP contribution in [0.15, 0.2) is 60.2 Å². The van der Waals surface area contributed by atoms with Crippen molar-refractivity contribution in [2.75, 3.05) is 0 Å². The van der Waals surface area contributed by atoms with Gasteiger partial charge in [0, 0.05) is 11.5 Å². The van der Waals surface area contributed by atoms with E-state index in [4.69, 9.17) is 4.74 Å². The molecule has 1 aromatic rings. The third-order valence-corrected chi connectivity index (χ3v) is 15.0. The molecule has 1 aromatic carbocycles. The number of ether oxygens (including phenoxy) is 1. The Hall–Kier alpha value is -2.09. The van der Waals surface area contributed by atoms with Gasteiger partial charge in [-0.15, -0.1) is 0 Å². The first-order valence-corrected chi connectivity index (χ1v) is 17.6. The Morgan fingerprint density at radius 3 is 2.33 bits per heavy atom. The van der Waals surface area contributed by atoms with Crippen molar-refractivity contribution in [3.05, 3.63) is 65.8 Å². The summed E-state index contributed by atoms with van der Waals surface area (Å²) < 4.78 is 6.24. The minimum absolute atomic E-state index is 0.0320. The highest BCUT2D eigenvalue weighted by molar-refractivity contribution is 5.82. The molecule has 0 saturated heterocycles. The van der Waals surface area contributed by atoms with Crippen LogP contribution in [0, 0.1) is 56.7 Å². The molecular formula is C41H58O2. The average molecular weight is 583 g/mol. The molecule has 4 saturated carbocycles. The van der Waals surface area contributed by atoms with Crippen molar-refractivity contribution in [1.29, 1.82) is 0 Å². The molecule has 5 aliphatic rings. The maximum atomic E-state index is 13.0. The summed E-state index contributed by atoms with van der Waals surface area (Å²) >= 11 is 0. The van der Waals surface area contributed by atoms with Crippen LogP contribution in [0.5, 0.6) is 0 Å². The highest BCUT2D eigenvalue weighted by Crippen LogP contribution is 2.75. The third-order valence-electron chi connectivity index (χ3n) is 15.0. The van der Waals surface area contributed by atoms with E-state index < -0.39 is 0 Å². The second-order valence-corrected chi connectivity index (χ2v) is 17.2. The standard InChI is InChI=1S/C41H58O2/c1-28-20-23-38(5)26-27-40(7)31(36(38)29(28)2)18-19-33-39(6)24-22-34(37(3,4)32(39)21-25-41(33,40)8)43-35(42)17-13-12-16-30-14-10-9-11-15-30/h9-18,28-29,32-34,36H,19-27H2,1-8H3/t28-,29+,32?,33-,34+,36+,38-,39+,40-,41-/m1/s1. The van der Waals surface area contributed by atoms with Crippen LogP contribution < -0.4 is 0 Å². The molecule has 0 N–H and O–H groups in total. The third kappa shape index (κ3) is 4.75. The molecule has 0 aromatic heterocycles. The summed E-state index contributed by atoms with van der Waals surface area (Å²) in [6, 6.07) is 10.2. The van der Waals surface area contributed by atoms with Gasteiger partial charge in [-0.3, -0.25) is 0 Å². The number of esters is 1. The predicted molar refractivity (Wildman–Crippen MR) is 179 cm³/mol. The van der Waals surface area contributed by atoms with Gasteiger partial charge in [0.1, 0.15) is 6.10 Å². The Balaban J connectivity index is 1.21. The molecule has 2 heteroatoms. The van der Waals surface area contributed by atoms with Gasteiger partial charge in [0.25, 0.3) is 0 Å². The molecule has 0 bridgehead atoms. The van der Waals surface area contributed by atoms with Crippen LogP contribution in [-0.4, -0.2) is 12.1 Å². The van der Waals surface area contributed by atoms with Crippen LogP contribution in [0.3, 0.4) is 0 Å². The number of benzene rings is 1. The highest BCUT2D eigenvalue weighted by atomic mass is 16.5. The molecule has 43 heavy (non-hydrogen) atoms. The average Bonchev–Trinajstić information content (AvgIpc) is 2.96. The monoisotopic (exact) mass is 582 g/mol. The van der Waals surface area contributed by atoms with Gasteiger partial charge in [0.15, 0.2) is 0 Å². The van der Waals surface area contributed by atoms with Gasteiger partial charge in [-0.25, -0.2) is 4.79 Å². The van der Waals surface area contributed by atoms with Gasteiger partial charge in [-0.05, 0) is 115 Å². The maximum Gasteiger partial charge on any atom is 0.331 e. The van der Waals surface area contributed by atoms with Gasteiger partial charge in [-0.1, -0.05) is 116 Å². The lowest BCUT2D eigenvalue weighted by Gasteiger charge is -2.71. The zero-order chi connectivity index (χ0) is 30.8. The Labute approximate surface area is 262 Å². The zero-order valence-corrected chi connectivity index (χ0v) is 28.4. The first-order chi connectivity index (χ1) is 20.3. The van der Waals surface area contributed by atoms with Crippen molar-refractivity contribution >= 4 is 12.0 Å². The molecule has 234 valence electrons. The smallest absolute Gasteiger partial charge is 0.331 e. The molecule has 10 atom stereocenters. The van der Waals surface area contributed by atoms with Crippen molar-refractivity contribution in [1.82, 2.24) is 0 Å². The minimum atomic E-state index is -0.209. The minimum Gasteiger partial charge on any atom is -0.459 e. The summed E-state index contributed by atoms with van der Waals surface area (Å²) in [4.78, 5) is 13.0. The first-order valence-electron chi connectivity index (χ1n) is 17.6. The van der Waals surface area contributed by atoms with E-state index in [0.717, 1.165) is 36.2 Å². The molecule has 0 heterocycles. The fourth-order valence-electron chi connectivity index (χ4n) is 12.1. The molecular weight excluding hydrogens is 524 g/mol. The topological polar surface area (TPSA) is 26.3 Å². The molecule has 1 unspecified atom stereocenters. The molecule has 0 spiro atoms. The van der Waals surface area contributed by atoms with Crippen LogP contribution >= 0.6 is 0 Å². The largest absolute Gasteiger partial charge is 0.459 e. The van der Waals surface area contributed by atoms with Crippen molar-refractivity contribution in [2.45, 2.75) is 119 Å². The number of hydrogen-bond donors (Lipinski definition) is 0. The van der Waals surface area contributed by atoms with Crippen LogP contribution in [0.4, 0.5) is 0 Å². The number of rotatable bonds is 4. The number of fused-ring (bicyclic) bond motifs is 7. The molecule has 5 aliphatic carbocycles. The van der Waals surface area contributed by atoms with Gasteiger partial charge in [0.05, 0.1) is 0 Å². The molecule has 0 radical (unpaired) electrons. The fraction of sp³-hybridized carbons (Fsp3) is 0.683. The van der Waals surface area contributed by atoms with Gasteiger partial charge in [-0.2, -0.15) is 0 Å². The van der Waals surface area contributed by atoms with Crippen molar-refractivity contribution < 1.29 is 9.53 Å². The van der Waals surface area contributed by atoms with Crippen LogP contribution in [0.1, 0.15) is 119 Å². The number of carbonyl (C=O) groups excluding carboxylic acids is 1. The molecule has 6 rings (SSSR count). The molecule has 2 nitrogen and oxygen atoms in total. The summed E-state index contributed by atoms with van der Waals surface area (Å²) in [5, 5.41) is 0. The van der Waals surface area contributed by atoms with Crippen molar-refractivity contribution in [2.24, 2.45) is 56.7 Å². The zero-order valence-electron chi connectivity index (χ0n) is 28.4. The fourth-order valence-corrected chi connectivity index (χ4v) is 12.1. The summed E-state index contributed by atoms with van der Waals surface area (Å²) in [6.07, 6.45) is 21.6. The first kappa shape index (κ1) is 30.9. The highest BCUT2D eigenvalue weighted by Gasteiger charge is 2.68. The maximum absolute atomic E-state index is 13.0.